The van der Waals surface area contributed by atoms with Crippen LogP contribution in [0.5, 0.6) is 0 Å². The molecule has 2 aromatic heterocycles. The molecule has 1 aliphatic rings. The van der Waals surface area contributed by atoms with E-state index in [1.165, 1.54) is 6.07 Å². The summed E-state index contributed by atoms with van der Waals surface area (Å²) in [7, 11) is 0. The van der Waals surface area contributed by atoms with E-state index in [2.05, 4.69) is 15.4 Å². The number of amides is 1. The van der Waals surface area contributed by atoms with Crippen LogP contribution in [0.2, 0.25) is 0 Å². The molecule has 1 aliphatic heterocycles. The summed E-state index contributed by atoms with van der Waals surface area (Å²) in [6, 6.07) is 1.22. The Morgan fingerprint density at radius 1 is 1.11 bits per heavy atom. The van der Waals surface area contributed by atoms with Gasteiger partial charge in [-0.05, 0) is 12.1 Å². The Balaban J connectivity index is 1.43. The van der Waals surface area contributed by atoms with Crippen molar-refractivity contribution in [3.05, 3.63) is 46.0 Å². The fourth-order valence-electron chi connectivity index (χ4n) is 3.62. The van der Waals surface area contributed by atoms with Gasteiger partial charge in [-0.25, -0.2) is 10.1 Å². The number of ether oxygens (including phenoxy) is 1. The third kappa shape index (κ3) is 7.55. The number of aromatic amines is 1. The molecule has 1 fully saturated rings. The van der Waals surface area contributed by atoms with Crippen LogP contribution in [0.1, 0.15) is 17.5 Å². The fraction of sp³-hybridized carbons (Fsp3) is 0.524. The summed E-state index contributed by atoms with van der Waals surface area (Å²) in [6.45, 7) is 0.438. The third-order valence-electron chi connectivity index (χ3n) is 5.53. The molecule has 2 aromatic rings. The van der Waals surface area contributed by atoms with Gasteiger partial charge in [0.05, 0.1) is 49.7 Å². The van der Waals surface area contributed by atoms with Crippen molar-refractivity contribution in [3.63, 3.8) is 0 Å². The van der Waals surface area contributed by atoms with Crippen LogP contribution in [0.4, 0.5) is 37.8 Å². The first-order valence-electron chi connectivity index (χ1n) is 11.1. The number of carbonyl (C=O) groups is 1. The molecule has 1 amide bonds. The van der Waals surface area contributed by atoms with Crippen molar-refractivity contribution in [1.82, 2.24) is 20.1 Å². The molecule has 37 heavy (non-hydrogen) atoms. The van der Waals surface area contributed by atoms with Crippen LogP contribution >= 0.6 is 0 Å². The molecule has 3 N–H and O–H groups in total. The van der Waals surface area contributed by atoms with Gasteiger partial charge in [0, 0.05) is 32.4 Å². The van der Waals surface area contributed by atoms with E-state index in [9.17, 15) is 41.0 Å². The van der Waals surface area contributed by atoms with E-state index in [-0.39, 0.29) is 25.5 Å². The van der Waals surface area contributed by atoms with Gasteiger partial charge in [-0.3, -0.25) is 9.59 Å². The Labute approximate surface area is 206 Å². The van der Waals surface area contributed by atoms with Gasteiger partial charge in [-0.2, -0.15) is 31.4 Å². The first-order chi connectivity index (χ1) is 17.4. The van der Waals surface area contributed by atoms with Gasteiger partial charge < -0.3 is 25.0 Å². The Bertz CT molecular complexity index is 1100. The molecule has 0 aromatic carbocycles. The number of hydrogen-bond acceptors (Lipinski definition) is 8. The Morgan fingerprint density at radius 3 is 2.38 bits per heavy atom. The molecule has 16 heteroatoms. The first kappa shape index (κ1) is 28.2. The minimum atomic E-state index is -4.95. The van der Waals surface area contributed by atoms with Gasteiger partial charge in [-0.15, -0.1) is 0 Å². The monoisotopic (exact) mass is 538 g/mol. The Morgan fingerprint density at radius 2 is 1.81 bits per heavy atom. The maximum Gasteiger partial charge on any atom is 0.423 e. The fourth-order valence-corrected chi connectivity index (χ4v) is 3.62. The van der Waals surface area contributed by atoms with Crippen molar-refractivity contribution in [1.29, 1.82) is 0 Å². The third-order valence-corrected chi connectivity index (χ3v) is 5.53. The zero-order valence-corrected chi connectivity index (χ0v) is 19.3. The van der Waals surface area contributed by atoms with Crippen molar-refractivity contribution in [3.8, 4) is 0 Å². The van der Waals surface area contributed by atoms with Crippen LogP contribution in [-0.2, 0) is 21.9 Å². The van der Waals surface area contributed by atoms with E-state index in [0.29, 0.717) is 32.0 Å². The molecule has 204 valence electrons. The summed E-state index contributed by atoms with van der Waals surface area (Å²) >= 11 is 0. The second-order valence-corrected chi connectivity index (χ2v) is 8.10. The van der Waals surface area contributed by atoms with Crippen LogP contribution in [0.25, 0.3) is 0 Å². The van der Waals surface area contributed by atoms with Gasteiger partial charge in [-0.1, -0.05) is 0 Å². The predicted octanol–water partition coefficient (Wildman–Crippen LogP) is 1.73. The normalized spacial score (nSPS) is 15.5. The number of aromatic nitrogens is 3. The number of nitrogens with zero attached hydrogens (tertiary/aromatic N) is 4. The molecule has 1 saturated heterocycles. The van der Waals surface area contributed by atoms with Crippen molar-refractivity contribution in [2.45, 2.75) is 24.8 Å². The molecular formula is C21H24F6N6O4. The van der Waals surface area contributed by atoms with E-state index in [4.69, 9.17) is 4.74 Å². The van der Waals surface area contributed by atoms with Gasteiger partial charge in [0.2, 0.25) is 5.91 Å². The number of aliphatic hydroxyl groups is 1. The molecule has 0 unspecified atom stereocenters. The second-order valence-electron chi connectivity index (χ2n) is 8.10. The average Bonchev–Trinajstić information content (AvgIpc) is 2.84. The van der Waals surface area contributed by atoms with Crippen LogP contribution in [0.3, 0.4) is 0 Å². The number of nitrogens with one attached hydrogen (secondary N) is 2. The van der Waals surface area contributed by atoms with E-state index in [1.54, 1.807) is 14.9 Å². The highest BCUT2D eigenvalue weighted by Gasteiger charge is 2.38. The Kier molecular flexibility index (Phi) is 8.96. The number of rotatable bonds is 9. The van der Waals surface area contributed by atoms with Gasteiger partial charge in [0.15, 0.2) is 0 Å². The highest BCUT2D eigenvalue weighted by atomic mass is 19.4. The van der Waals surface area contributed by atoms with Crippen molar-refractivity contribution >= 4 is 17.4 Å². The van der Waals surface area contributed by atoms with Gasteiger partial charge in [0.25, 0.3) is 5.56 Å². The molecule has 0 spiro atoms. The second kappa shape index (κ2) is 11.8. The molecule has 0 aliphatic carbocycles. The van der Waals surface area contributed by atoms with Crippen molar-refractivity contribution < 1.29 is 41.0 Å². The molecular weight excluding hydrogens is 514 g/mol. The lowest BCUT2D eigenvalue weighted by Crippen LogP contribution is -2.49. The largest absolute Gasteiger partial charge is 0.423 e. The van der Waals surface area contributed by atoms with Crippen LogP contribution in [0.15, 0.2) is 29.3 Å². The van der Waals surface area contributed by atoms with Crippen LogP contribution in [0, 0.1) is 0 Å². The predicted molar refractivity (Wildman–Crippen MR) is 118 cm³/mol. The SMILES string of the molecule is O=C(CCOC[C@H](CO)Nc1cn[nH]c(=O)c1C(F)(F)F)N1CCN(c2ccc(C(F)(F)F)cn2)CC1. The number of pyridine rings is 1. The number of alkyl halides is 6. The number of carbonyl (C=O) groups excluding carboxylic acids is 1. The lowest BCUT2D eigenvalue weighted by atomic mass is 10.2. The van der Waals surface area contributed by atoms with E-state index < -0.39 is 47.4 Å². The van der Waals surface area contributed by atoms with E-state index in [1.807, 2.05) is 0 Å². The quantitative estimate of drug-likeness (QED) is 0.326. The van der Waals surface area contributed by atoms with E-state index in [0.717, 1.165) is 18.5 Å². The van der Waals surface area contributed by atoms with Gasteiger partial charge in [0.1, 0.15) is 11.4 Å². The van der Waals surface area contributed by atoms with Crippen molar-refractivity contribution in [2.24, 2.45) is 0 Å². The smallest absolute Gasteiger partial charge is 0.394 e. The number of anilines is 2. The summed E-state index contributed by atoms with van der Waals surface area (Å²) in [6.07, 6.45) is -7.92. The van der Waals surface area contributed by atoms with Crippen LogP contribution in [-0.4, -0.2) is 83.1 Å². The number of aliphatic hydroxyl groups excluding tert-OH is 1. The number of piperazine rings is 1. The topological polar surface area (TPSA) is 124 Å². The molecule has 3 heterocycles. The lowest BCUT2D eigenvalue weighted by molar-refractivity contribution is -0.138. The minimum absolute atomic E-state index is 0.0307. The summed E-state index contributed by atoms with van der Waals surface area (Å²) in [5, 5.41) is 16.9. The maximum atomic E-state index is 13.1. The maximum absolute atomic E-state index is 13.1. The highest BCUT2D eigenvalue weighted by molar-refractivity contribution is 5.76. The Hall–Kier alpha value is -3.40. The average molecular weight is 538 g/mol. The molecule has 10 nitrogen and oxygen atoms in total. The highest BCUT2D eigenvalue weighted by Crippen LogP contribution is 2.32. The molecule has 0 bridgehead atoms. The molecule has 3 rings (SSSR count). The molecule has 0 saturated carbocycles. The van der Waals surface area contributed by atoms with Crippen molar-refractivity contribution in [2.75, 3.05) is 56.2 Å². The molecule has 0 radical (unpaired) electrons. The standard InChI is InChI=1S/C21H24F6N6O4/c22-20(23,24)13-1-2-16(28-9-13)32-4-6-33(7-5-32)17(35)3-8-37-12-14(11-34)30-15-10-29-31-19(36)18(15)21(25,26)27/h1-2,9-10,14,34H,3-8,11-12H2,(H2,30,31,36)/t14-/m0/s1. The van der Waals surface area contributed by atoms with Crippen LogP contribution < -0.4 is 15.8 Å². The summed E-state index contributed by atoms with van der Waals surface area (Å²) < 4.78 is 82.8. The minimum Gasteiger partial charge on any atom is -0.394 e. The van der Waals surface area contributed by atoms with E-state index >= 15 is 0 Å². The zero-order chi connectivity index (χ0) is 27.2. The summed E-state index contributed by atoms with van der Waals surface area (Å²) in [5.41, 5.74) is -4.38. The lowest BCUT2D eigenvalue weighted by Gasteiger charge is -2.35. The first-order valence-corrected chi connectivity index (χ1v) is 11.1. The number of halogens is 6. The van der Waals surface area contributed by atoms with Gasteiger partial charge >= 0.3 is 12.4 Å². The summed E-state index contributed by atoms with van der Waals surface area (Å²) in [5.74, 6) is 0.127. The summed E-state index contributed by atoms with van der Waals surface area (Å²) in [4.78, 5) is 31.1. The molecule has 1 atom stereocenters. The number of hydrogen-bond donors (Lipinski definition) is 3. The number of H-pyrrole nitrogens is 1. The zero-order valence-electron chi connectivity index (χ0n) is 19.3.